The van der Waals surface area contributed by atoms with E-state index >= 15 is 0 Å². The molecule has 1 saturated carbocycles. The molecule has 2 aromatic rings. The van der Waals surface area contributed by atoms with Crippen molar-refractivity contribution in [2.45, 2.75) is 25.8 Å². The maximum absolute atomic E-state index is 13.0. The Morgan fingerprint density at radius 3 is 2.94 bits per heavy atom. The number of ether oxygens (including phenoxy) is 1. The van der Waals surface area contributed by atoms with Crippen LogP contribution in [0.1, 0.15) is 40.7 Å². The molecule has 0 bridgehead atoms. The first-order valence-electron chi connectivity index (χ1n) is 9.82. The molecule has 31 heavy (non-hydrogen) atoms. The molecular weight excluding hydrogens is 402 g/mol. The molecule has 3 atom stereocenters. The van der Waals surface area contributed by atoms with Crippen molar-refractivity contribution < 1.29 is 24.2 Å². The van der Waals surface area contributed by atoms with Gasteiger partial charge >= 0.3 is 11.9 Å². The van der Waals surface area contributed by atoms with E-state index in [1.54, 1.807) is 6.08 Å². The number of aromatic carboxylic acids is 1. The monoisotopic (exact) mass is 423 g/mol. The van der Waals surface area contributed by atoms with Gasteiger partial charge in [-0.15, -0.1) is 0 Å². The molecule has 0 spiro atoms. The van der Waals surface area contributed by atoms with E-state index in [4.69, 9.17) is 4.74 Å². The highest BCUT2D eigenvalue weighted by Crippen LogP contribution is 2.42. The van der Waals surface area contributed by atoms with Crippen LogP contribution < -0.4 is 5.32 Å². The van der Waals surface area contributed by atoms with Crippen molar-refractivity contribution in [1.29, 1.82) is 0 Å². The van der Waals surface area contributed by atoms with Gasteiger partial charge in [0.05, 0.1) is 5.57 Å². The maximum atomic E-state index is 13.0. The minimum atomic E-state index is -1.26. The van der Waals surface area contributed by atoms with Gasteiger partial charge in [0, 0.05) is 18.0 Å². The van der Waals surface area contributed by atoms with Crippen molar-refractivity contribution in [2.24, 2.45) is 11.8 Å². The first-order chi connectivity index (χ1) is 14.9. The number of rotatable bonds is 6. The maximum Gasteiger partial charge on any atom is 0.354 e. The summed E-state index contributed by atoms with van der Waals surface area (Å²) >= 11 is 0. The van der Waals surface area contributed by atoms with Crippen LogP contribution in [0.15, 0.2) is 48.3 Å². The van der Waals surface area contributed by atoms with Gasteiger partial charge in [-0.2, -0.15) is 14.6 Å². The molecule has 10 nitrogen and oxygen atoms in total. The summed E-state index contributed by atoms with van der Waals surface area (Å²) < 4.78 is 6.37. The number of amides is 1. The van der Waals surface area contributed by atoms with Crippen molar-refractivity contribution in [3.8, 4) is 0 Å². The van der Waals surface area contributed by atoms with Crippen LogP contribution in [0.5, 0.6) is 0 Å². The van der Waals surface area contributed by atoms with E-state index in [1.807, 2.05) is 13.0 Å². The van der Waals surface area contributed by atoms with Crippen LogP contribution in [0.4, 0.5) is 0 Å². The van der Waals surface area contributed by atoms with Crippen LogP contribution in [0.25, 0.3) is 5.78 Å². The largest absolute Gasteiger partial charge is 0.477 e. The summed E-state index contributed by atoms with van der Waals surface area (Å²) in [5, 5.41) is 16.2. The third kappa shape index (κ3) is 3.72. The second-order valence-corrected chi connectivity index (χ2v) is 7.49. The van der Waals surface area contributed by atoms with Gasteiger partial charge < -0.3 is 15.2 Å². The molecule has 2 unspecified atom stereocenters. The third-order valence-corrected chi connectivity index (χ3v) is 5.76. The Morgan fingerprint density at radius 1 is 1.39 bits per heavy atom. The van der Waals surface area contributed by atoms with Crippen LogP contribution in [-0.2, 0) is 9.53 Å². The first-order valence-corrected chi connectivity index (χ1v) is 9.82. The number of carbonyl (C=O) groups excluding carboxylic acids is 2. The topological polar surface area (TPSA) is 136 Å². The Balaban J connectivity index is 1.54. The summed E-state index contributed by atoms with van der Waals surface area (Å²) in [6.07, 6.45) is 7.93. The van der Waals surface area contributed by atoms with E-state index in [2.05, 4.69) is 27.0 Å². The van der Waals surface area contributed by atoms with Crippen LogP contribution in [0.2, 0.25) is 0 Å². The van der Waals surface area contributed by atoms with Crippen molar-refractivity contribution in [3.63, 3.8) is 0 Å². The van der Waals surface area contributed by atoms with Crippen LogP contribution >= 0.6 is 0 Å². The summed E-state index contributed by atoms with van der Waals surface area (Å²) in [7, 11) is 0. The summed E-state index contributed by atoms with van der Waals surface area (Å²) in [5.74, 6) is -1.93. The molecule has 0 aliphatic heterocycles. The fourth-order valence-electron chi connectivity index (χ4n) is 4.27. The van der Waals surface area contributed by atoms with E-state index in [9.17, 15) is 19.5 Å². The highest BCUT2D eigenvalue weighted by molar-refractivity contribution is 5.96. The quantitative estimate of drug-likeness (QED) is 0.528. The average molecular weight is 423 g/mol. The average Bonchev–Trinajstić information content (AvgIpc) is 3.39. The molecule has 160 valence electrons. The van der Waals surface area contributed by atoms with Gasteiger partial charge in [-0.3, -0.25) is 4.79 Å². The number of hydrogen-bond donors (Lipinski definition) is 2. The summed E-state index contributed by atoms with van der Waals surface area (Å²) in [6.45, 7) is 5.61. The molecule has 2 aliphatic rings. The Labute approximate surface area is 177 Å². The number of esters is 1. The molecule has 0 aromatic carbocycles. The van der Waals surface area contributed by atoms with Crippen LogP contribution in [0.3, 0.4) is 0 Å². The highest BCUT2D eigenvalue weighted by atomic mass is 16.5. The molecule has 2 aromatic heterocycles. The zero-order chi connectivity index (χ0) is 22.1. The molecule has 2 N–H and O–H groups in total. The molecule has 0 radical (unpaired) electrons. The van der Waals surface area contributed by atoms with Crippen molar-refractivity contribution in [3.05, 3.63) is 59.7 Å². The van der Waals surface area contributed by atoms with Gasteiger partial charge in [-0.1, -0.05) is 30.4 Å². The summed E-state index contributed by atoms with van der Waals surface area (Å²) in [4.78, 5) is 44.4. The minimum absolute atomic E-state index is 0.0203. The Morgan fingerprint density at radius 2 is 2.19 bits per heavy atom. The predicted molar refractivity (Wildman–Crippen MR) is 108 cm³/mol. The van der Waals surface area contributed by atoms with Crippen LogP contribution in [-0.4, -0.2) is 55.2 Å². The number of hydrogen-bond acceptors (Lipinski definition) is 7. The Hall–Kier alpha value is -3.82. The van der Waals surface area contributed by atoms with E-state index in [0.29, 0.717) is 5.57 Å². The van der Waals surface area contributed by atoms with Crippen molar-refractivity contribution in [1.82, 2.24) is 24.9 Å². The Kier molecular flexibility index (Phi) is 5.37. The number of carbonyl (C=O) groups is 3. The number of allylic oxidation sites excluding steroid dienone is 1. The zero-order valence-corrected chi connectivity index (χ0v) is 16.8. The number of fused-ring (bicyclic) bond motifs is 2. The van der Waals surface area contributed by atoms with E-state index in [-0.39, 0.29) is 47.6 Å². The van der Waals surface area contributed by atoms with Gasteiger partial charge in [0.25, 0.3) is 11.7 Å². The number of nitrogens with one attached hydrogen (secondary N) is 1. The smallest absolute Gasteiger partial charge is 0.354 e. The van der Waals surface area contributed by atoms with E-state index < -0.39 is 11.9 Å². The van der Waals surface area contributed by atoms with Crippen LogP contribution in [0, 0.1) is 11.8 Å². The highest BCUT2D eigenvalue weighted by Gasteiger charge is 2.40. The molecular formula is C21H21N5O5. The second kappa shape index (κ2) is 8.13. The zero-order valence-electron chi connectivity index (χ0n) is 16.8. The molecule has 2 aliphatic carbocycles. The van der Waals surface area contributed by atoms with Crippen molar-refractivity contribution >= 4 is 23.6 Å². The second-order valence-electron chi connectivity index (χ2n) is 7.49. The number of aromatic nitrogens is 4. The van der Waals surface area contributed by atoms with Crippen molar-refractivity contribution in [2.75, 3.05) is 6.61 Å². The molecule has 10 heteroatoms. The third-order valence-electron chi connectivity index (χ3n) is 5.76. The standard InChI is InChI=1S/C21H21N5O5/c1-3-8-31-20(30)13-4-5-14-12(11(13)2)6-7-15(14)24-18(27)17-9-16(19(28)29)25-21-22-10-23-26(17)21/h3-5,9-10,12,14-15H,1,6-8H2,2H3,(H,24,27)(H,28,29)/t12?,14?,15-/m0/s1. The Bertz CT molecular complexity index is 1150. The van der Waals surface area contributed by atoms with E-state index in [1.165, 1.54) is 23.0 Å². The van der Waals surface area contributed by atoms with Gasteiger partial charge in [0.15, 0.2) is 5.69 Å². The lowest BCUT2D eigenvalue weighted by Crippen LogP contribution is -2.39. The number of carboxylic acid groups (broad SMARTS) is 1. The fraction of sp³-hybridized carbons (Fsp3) is 0.333. The lowest BCUT2D eigenvalue weighted by atomic mass is 9.81. The lowest BCUT2D eigenvalue weighted by Gasteiger charge is -2.27. The summed E-state index contributed by atoms with van der Waals surface area (Å²) in [6, 6.07) is 1.01. The molecule has 1 fully saturated rings. The lowest BCUT2D eigenvalue weighted by molar-refractivity contribution is -0.137. The number of nitrogens with zero attached hydrogens (tertiary/aromatic N) is 4. The fourth-order valence-corrected chi connectivity index (χ4v) is 4.27. The summed E-state index contributed by atoms with van der Waals surface area (Å²) in [5.41, 5.74) is 1.24. The van der Waals surface area contributed by atoms with E-state index in [0.717, 1.165) is 18.4 Å². The minimum Gasteiger partial charge on any atom is -0.477 e. The van der Waals surface area contributed by atoms with Gasteiger partial charge in [0.1, 0.15) is 18.6 Å². The SMILES string of the molecule is C=CCOC(=O)C1=C(C)C2CC[C@H](NC(=O)c3cc(C(=O)O)nc4ncnn34)C2C=C1. The van der Waals surface area contributed by atoms with Gasteiger partial charge in [-0.05, 0) is 25.7 Å². The molecule has 0 saturated heterocycles. The normalized spacial score (nSPS) is 22.3. The molecule has 4 rings (SSSR count). The molecule has 2 heterocycles. The van der Waals surface area contributed by atoms with Gasteiger partial charge in [-0.25, -0.2) is 14.6 Å². The predicted octanol–water partition coefficient (Wildman–Crippen LogP) is 1.56. The van der Waals surface area contributed by atoms with Gasteiger partial charge in [0.2, 0.25) is 0 Å². The first kappa shape index (κ1) is 20.5. The molecule has 1 amide bonds. The number of carboxylic acids is 1.